The van der Waals surface area contributed by atoms with Crippen LogP contribution in [0.15, 0.2) is 76.4 Å². The third-order valence-electron chi connectivity index (χ3n) is 5.46. The van der Waals surface area contributed by atoms with Gasteiger partial charge in [-0.3, -0.25) is 25.2 Å². The summed E-state index contributed by atoms with van der Waals surface area (Å²) >= 11 is 1.38. The molecule has 0 aliphatic rings. The third-order valence-corrected chi connectivity index (χ3v) is 6.46. The Morgan fingerprint density at radius 3 is 2.44 bits per heavy atom. The summed E-state index contributed by atoms with van der Waals surface area (Å²) in [6, 6.07) is 20.9. The summed E-state index contributed by atoms with van der Waals surface area (Å²) in [7, 11) is 0. The molecule has 174 valence electrons. The number of nitrogens with zero attached hydrogens (tertiary/aromatic N) is 2. The van der Waals surface area contributed by atoms with E-state index < -0.39 is 5.91 Å². The second-order valence-electron chi connectivity index (χ2n) is 7.93. The van der Waals surface area contributed by atoms with Gasteiger partial charge in [-0.05, 0) is 35.4 Å². The number of unbranched alkanes of at least 4 members (excludes halogenated alkanes) is 2. The summed E-state index contributed by atoms with van der Waals surface area (Å²) < 4.78 is 1.34. The Kier molecular flexibility index (Phi) is 7.59. The molecule has 7 nitrogen and oxygen atoms in total. The van der Waals surface area contributed by atoms with Gasteiger partial charge < -0.3 is 0 Å². The fourth-order valence-electron chi connectivity index (χ4n) is 3.69. The first-order valence-corrected chi connectivity index (χ1v) is 12.3. The predicted molar refractivity (Wildman–Crippen MR) is 136 cm³/mol. The Balaban J connectivity index is 1.42. The highest BCUT2D eigenvalue weighted by Crippen LogP contribution is 2.23. The molecule has 2 N–H and O–H groups in total. The van der Waals surface area contributed by atoms with Crippen LogP contribution in [0.5, 0.6) is 0 Å². The lowest BCUT2D eigenvalue weighted by Crippen LogP contribution is -2.43. The van der Waals surface area contributed by atoms with Crippen LogP contribution in [0.1, 0.15) is 36.7 Å². The van der Waals surface area contributed by atoms with Crippen molar-refractivity contribution in [3.63, 3.8) is 0 Å². The van der Waals surface area contributed by atoms with Gasteiger partial charge in [-0.1, -0.05) is 68.3 Å². The number of rotatable bonds is 8. The van der Waals surface area contributed by atoms with Crippen LogP contribution in [0.2, 0.25) is 0 Å². The minimum atomic E-state index is -0.565. The molecule has 0 aliphatic carbocycles. The van der Waals surface area contributed by atoms with E-state index in [1.807, 2.05) is 42.5 Å². The number of benzene rings is 3. The predicted octanol–water partition coefficient (Wildman–Crippen LogP) is 4.29. The highest BCUT2D eigenvalue weighted by molar-refractivity contribution is 8.00. The number of carbonyl (C=O) groups excluding carboxylic acids is 2. The number of fused-ring (bicyclic) bond motifs is 2. The van der Waals surface area contributed by atoms with Gasteiger partial charge in [0.25, 0.3) is 11.5 Å². The molecule has 0 spiro atoms. The number of hydrazine groups is 1. The molecule has 3 aromatic carbocycles. The second kappa shape index (κ2) is 11.0. The van der Waals surface area contributed by atoms with Crippen LogP contribution in [0.3, 0.4) is 0 Å². The first-order valence-electron chi connectivity index (χ1n) is 11.3. The molecule has 0 saturated carbocycles. The number of nitrogens with one attached hydrogen (secondary N) is 2. The summed E-state index contributed by atoms with van der Waals surface area (Å²) in [6.07, 6.45) is 2.78. The summed E-state index contributed by atoms with van der Waals surface area (Å²) in [5.74, 6) is -0.764. The summed E-state index contributed by atoms with van der Waals surface area (Å²) in [5, 5.41) is 7.43. The first-order chi connectivity index (χ1) is 16.6. The highest BCUT2D eigenvalue weighted by Gasteiger charge is 2.17. The van der Waals surface area contributed by atoms with Crippen LogP contribution in [-0.2, 0) is 11.3 Å². The number of carbonyl (C=O) groups is 2. The van der Waals surface area contributed by atoms with Crippen LogP contribution in [0, 0.1) is 0 Å². The molecule has 0 aliphatic heterocycles. The Bertz CT molecular complexity index is 1400. The van der Waals surface area contributed by atoms with Crippen molar-refractivity contribution >= 4 is 45.1 Å². The number of aromatic nitrogens is 2. The second-order valence-corrected chi connectivity index (χ2v) is 8.98. The summed E-state index contributed by atoms with van der Waals surface area (Å²) in [4.78, 5) is 38.9. The van der Waals surface area contributed by atoms with Gasteiger partial charge in [0.1, 0.15) is 0 Å². The normalized spacial score (nSPS) is 11.0. The fourth-order valence-corrected chi connectivity index (χ4v) is 4.44. The van der Waals surface area contributed by atoms with E-state index in [0.717, 1.165) is 34.9 Å². The molecule has 2 amide bonds. The Labute approximate surface area is 201 Å². The molecule has 34 heavy (non-hydrogen) atoms. The maximum atomic E-state index is 12.9. The van der Waals surface area contributed by atoms with Crippen LogP contribution >= 0.6 is 11.8 Å². The van der Waals surface area contributed by atoms with Crippen LogP contribution < -0.4 is 16.4 Å². The third kappa shape index (κ3) is 5.46. The van der Waals surface area contributed by atoms with E-state index in [2.05, 4.69) is 22.9 Å². The molecule has 0 saturated heterocycles. The molecular formula is C26H26N4O3S. The topological polar surface area (TPSA) is 93.1 Å². The molecule has 0 unspecified atom stereocenters. The van der Waals surface area contributed by atoms with Crippen LogP contribution in [-0.4, -0.2) is 27.3 Å². The number of thioether (sulfide) groups is 1. The van der Waals surface area contributed by atoms with E-state index in [0.29, 0.717) is 17.3 Å². The quantitative estimate of drug-likeness (QED) is 0.226. The molecule has 8 heteroatoms. The van der Waals surface area contributed by atoms with Crippen molar-refractivity contribution in [2.75, 3.05) is 5.75 Å². The first kappa shape index (κ1) is 23.5. The Morgan fingerprint density at radius 2 is 1.65 bits per heavy atom. The van der Waals surface area contributed by atoms with Gasteiger partial charge in [0.2, 0.25) is 5.91 Å². The van der Waals surface area contributed by atoms with E-state index in [1.165, 1.54) is 16.4 Å². The number of hydrogen-bond acceptors (Lipinski definition) is 5. The summed E-state index contributed by atoms with van der Waals surface area (Å²) in [6.45, 7) is 2.52. The standard InChI is InChI=1S/C26H26N4O3S/c1-2-3-8-15-30-26(33)22-12-7-6-11-21(22)24(29-30)25(32)28-27-23(31)17-34-20-14-13-18-9-4-5-10-19(18)16-20/h4-7,9-14,16H,2-3,8,15,17H2,1H3,(H,27,31)(H,28,32). The van der Waals surface area contributed by atoms with E-state index in [-0.39, 0.29) is 22.9 Å². The zero-order valence-corrected chi connectivity index (χ0v) is 19.7. The van der Waals surface area contributed by atoms with Crippen LogP contribution in [0.4, 0.5) is 0 Å². The molecule has 0 fully saturated rings. The zero-order valence-electron chi connectivity index (χ0n) is 18.9. The lowest BCUT2D eigenvalue weighted by atomic mass is 10.1. The molecule has 1 heterocycles. The molecule has 0 atom stereocenters. The van der Waals surface area contributed by atoms with Gasteiger partial charge in [0.15, 0.2) is 5.69 Å². The molecule has 4 aromatic rings. The molecule has 0 bridgehead atoms. The maximum Gasteiger partial charge on any atom is 0.290 e. The van der Waals surface area contributed by atoms with Crippen molar-refractivity contribution in [1.82, 2.24) is 20.6 Å². The van der Waals surface area contributed by atoms with Crippen molar-refractivity contribution in [3.05, 3.63) is 82.8 Å². The van der Waals surface area contributed by atoms with Gasteiger partial charge in [-0.25, -0.2) is 4.68 Å². The Hall–Kier alpha value is -3.65. The molecule has 0 radical (unpaired) electrons. The van der Waals surface area contributed by atoms with Crippen molar-refractivity contribution in [1.29, 1.82) is 0 Å². The van der Waals surface area contributed by atoms with E-state index in [4.69, 9.17) is 0 Å². The SMILES string of the molecule is CCCCCn1nc(C(=O)NNC(=O)CSc2ccc3ccccc3c2)c2ccccc2c1=O. The smallest absolute Gasteiger partial charge is 0.272 e. The van der Waals surface area contributed by atoms with Crippen molar-refractivity contribution < 1.29 is 9.59 Å². The average Bonchev–Trinajstić information content (AvgIpc) is 2.87. The fraction of sp³-hybridized carbons (Fsp3) is 0.231. The van der Waals surface area contributed by atoms with E-state index in [9.17, 15) is 14.4 Å². The molecular weight excluding hydrogens is 448 g/mol. The zero-order chi connectivity index (χ0) is 23.9. The van der Waals surface area contributed by atoms with Crippen molar-refractivity contribution in [2.24, 2.45) is 0 Å². The van der Waals surface area contributed by atoms with Crippen molar-refractivity contribution in [3.8, 4) is 0 Å². The summed E-state index contributed by atoms with van der Waals surface area (Å²) in [5.41, 5.74) is 4.78. The number of aryl methyl sites for hydroxylation is 1. The molecule has 4 rings (SSSR count). The lowest BCUT2D eigenvalue weighted by molar-refractivity contribution is -0.119. The van der Waals surface area contributed by atoms with Gasteiger partial charge in [-0.2, -0.15) is 5.10 Å². The minimum absolute atomic E-state index is 0.106. The monoisotopic (exact) mass is 474 g/mol. The maximum absolute atomic E-state index is 12.9. The Morgan fingerprint density at radius 1 is 0.912 bits per heavy atom. The highest BCUT2D eigenvalue weighted by atomic mass is 32.2. The lowest BCUT2D eigenvalue weighted by Gasteiger charge is -2.12. The van der Waals surface area contributed by atoms with E-state index in [1.54, 1.807) is 24.3 Å². The molecule has 1 aromatic heterocycles. The average molecular weight is 475 g/mol. The van der Waals surface area contributed by atoms with Gasteiger partial charge in [0, 0.05) is 16.8 Å². The van der Waals surface area contributed by atoms with Crippen molar-refractivity contribution in [2.45, 2.75) is 37.6 Å². The number of hydrogen-bond donors (Lipinski definition) is 2. The van der Waals surface area contributed by atoms with Gasteiger partial charge in [0.05, 0.1) is 11.1 Å². The largest absolute Gasteiger partial charge is 0.290 e. The van der Waals surface area contributed by atoms with E-state index >= 15 is 0 Å². The van der Waals surface area contributed by atoms with Gasteiger partial charge >= 0.3 is 0 Å². The van der Waals surface area contributed by atoms with Gasteiger partial charge in [-0.15, -0.1) is 11.8 Å². The number of amides is 2. The van der Waals surface area contributed by atoms with Crippen LogP contribution in [0.25, 0.3) is 21.5 Å². The minimum Gasteiger partial charge on any atom is -0.272 e.